The number of amides is 1. The van der Waals surface area contributed by atoms with E-state index in [0.29, 0.717) is 18.9 Å². The van der Waals surface area contributed by atoms with E-state index in [-0.39, 0.29) is 5.91 Å². The summed E-state index contributed by atoms with van der Waals surface area (Å²) in [4.78, 5) is 15.1. The molecule has 2 heterocycles. The summed E-state index contributed by atoms with van der Waals surface area (Å²) in [5.74, 6) is 0.195. The van der Waals surface area contributed by atoms with Crippen molar-refractivity contribution < 1.29 is 4.79 Å². The maximum absolute atomic E-state index is 11.3. The summed E-state index contributed by atoms with van der Waals surface area (Å²) in [7, 11) is 0. The topological polar surface area (TPSA) is 101 Å². The number of H-pyrrole nitrogens is 1. The van der Waals surface area contributed by atoms with Gasteiger partial charge in [0.1, 0.15) is 6.33 Å². The summed E-state index contributed by atoms with van der Waals surface area (Å²) in [5.41, 5.74) is 0. The largest absolute Gasteiger partial charge is 0.295 e. The van der Waals surface area contributed by atoms with Crippen LogP contribution in [-0.2, 0) is 11.3 Å². The van der Waals surface area contributed by atoms with Crippen molar-refractivity contribution in [1.29, 1.82) is 0 Å². The van der Waals surface area contributed by atoms with Crippen LogP contribution in [0, 0.1) is 0 Å². The van der Waals surface area contributed by atoms with Gasteiger partial charge in [-0.05, 0) is 0 Å². The molecule has 0 aliphatic heterocycles. The summed E-state index contributed by atoms with van der Waals surface area (Å²) in [6, 6.07) is 0. The summed E-state index contributed by atoms with van der Waals surface area (Å²) < 4.78 is 1.58. The zero-order chi connectivity index (χ0) is 10.5. The second-order valence-corrected chi connectivity index (χ2v) is 2.80. The Kier molecular flexibility index (Phi) is 2.68. The first-order valence-corrected chi connectivity index (χ1v) is 4.34. The molecule has 0 saturated carbocycles. The van der Waals surface area contributed by atoms with E-state index in [9.17, 15) is 4.79 Å². The minimum Gasteiger partial charge on any atom is -0.295 e. The molecule has 0 fully saturated rings. The van der Waals surface area contributed by atoms with Crippen molar-refractivity contribution in [2.75, 3.05) is 5.32 Å². The van der Waals surface area contributed by atoms with Crippen molar-refractivity contribution in [3.05, 3.63) is 18.7 Å². The Balaban J connectivity index is 1.78. The van der Waals surface area contributed by atoms with Crippen LogP contribution in [0.15, 0.2) is 18.7 Å². The number of aromatic nitrogens is 6. The normalized spacial score (nSPS) is 10.1. The Labute approximate surface area is 84.7 Å². The maximum Gasteiger partial charge on any atom is 0.228 e. The second kappa shape index (κ2) is 4.31. The lowest BCUT2D eigenvalue weighted by atomic mass is 10.4. The highest BCUT2D eigenvalue weighted by atomic mass is 16.1. The molecule has 2 aromatic heterocycles. The molecule has 0 atom stereocenters. The minimum absolute atomic E-state index is 0.151. The van der Waals surface area contributed by atoms with E-state index in [0.717, 1.165) is 0 Å². The number of anilines is 1. The predicted molar refractivity (Wildman–Crippen MR) is 49.7 cm³/mol. The van der Waals surface area contributed by atoms with Crippen LogP contribution in [0.25, 0.3) is 0 Å². The van der Waals surface area contributed by atoms with E-state index in [1.54, 1.807) is 17.1 Å². The molecule has 0 unspecified atom stereocenters. The fraction of sp³-hybridized carbons (Fsp3) is 0.286. The van der Waals surface area contributed by atoms with Gasteiger partial charge in [-0.25, -0.2) is 5.10 Å². The fourth-order valence-electron chi connectivity index (χ4n) is 1.03. The van der Waals surface area contributed by atoms with Crippen molar-refractivity contribution in [3.63, 3.8) is 0 Å². The summed E-state index contributed by atoms with van der Waals surface area (Å²) >= 11 is 0. The number of carbonyl (C=O) groups is 1. The minimum atomic E-state index is -0.151. The van der Waals surface area contributed by atoms with Crippen molar-refractivity contribution >= 4 is 11.9 Å². The Morgan fingerprint density at radius 3 is 3.20 bits per heavy atom. The van der Waals surface area contributed by atoms with Crippen LogP contribution >= 0.6 is 0 Å². The molecule has 0 aliphatic rings. The predicted octanol–water partition coefficient (Wildman–Crippen LogP) is -0.575. The Morgan fingerprint density at radius 1 is 1.60 bits per heavy atom. The molecule has 2 N–H and O–H groups in total. The van der Waals surface area contributed by atoms with Gasteiger partial charge in [-0.2, -0.15) is 10.1 Å². The zero-order valence-corrected chi connectivity index (χ0v) is 7.79. The molecule has 0 bridgehead atoms. The lowest BCUT2D eigenvalue weighted by molar-refractivity contribution is -0.116. The van der Waals surface area contributed by atoms with Crippen LogP contribution in [0.2, 0.25) is 0 Å². The summed E-state index contributed by atoms with van der Waals surface area (Å²) in [6.07, 6.45) is 4.90. The number of carbonyl (C=O) groups excluding carboxylic acids is 1. The fourth-order valence-corrected chi connectivity index (χ4v) is 1.03. The van der Waals surface area contributed by atoms with Crippen LogP contribution in [-0.4, -0.2) is 36.1 Å². The van der Waals surface area contributed by atoms with Gasteiger partial charge in [0.25, 0.3) is 0 Å². The van der Waals surface area contributed by atoms with E-state index < -0.39 is 0 Å². The average molecular weight is 207 g/mol. The molecular weight excluding hydrogens is 198 g/mol. The van der Waals surface area contributed by atoms with Gasteiger partial charge in [0.15, 0.2) is 0 Å². The monoisotopic (exact) mass is 207 g/mol. The van der Waals surface area contributed by atoms with Crippen LogP contribution in [0.4, 0.5) is 5.95 Å². The number of aromatic amines is 1. The third kappa shape index (κ3) is 2.59. The smallest absolute Gasteiger partial charge is 0.228 e. The van der Waals surface area contributed by atoms with Crippen LogP contribution in [0.5, 0.6) is 0 Å². The van der Waals surface area contributed by atoms with Gasteiger partial charge in [-0.3, -0.25) is 14.8 Å². The lowest BCUT2D eigenvalue weighted by Gasteiger charge is -2.00. The molecule has 78 valence electrons. The average Bonchev–Trinajstić information content (AvgIpc) is 2.86. The number of rotatable bonds is 4. The quantitative estimate of drug-likeness (QED) is 0.698. The van der Waals surface area contributed by atoms with Gasteiger partial charge in [0.2, 0.25) is 11.9 Å². The molecule has 2 rings (SSSR count). The first-order chi connectivity index (χ1) is 7.34. The molecule has 0 aliphatic carbocycles. The number of hydrogen-bond acceptors (Lipinski definition) is 5. The molecule has 0 radical (unpaired) electrons. The molecule has 0 aromatic carbocycles. The third-order valence-electron chi connectivity index (χ3n) is 1.71. The van der Waals surface area contributed by atoms with E-state index in [4.69, 9.17) is 0 Å². The maximum atomic E-state index is 11.3. The van der Waals surface area contributed by atoms with Gasteiger partial charge in [0, 0.05) is 12.6 Å². The van der Waals surface area contributed by atoms with E-state index in [2.05, 4.69) is 30.8 Å². The van der Waals surface area contributed by atoms with Gasteiger partial charge in [-0.1, -0.05) is 5.21 Å². The zero-order valence-electron chi connectivity index (χ0n) is 7.79. The third-order valence-corrected chi connectivity index (χ3v) is 1.71. The Bertz CT molecular complexity index is 406. The SMILES string of the molecule is O=C(CCn1ccnn1)Nc1ncn[nH]1. The van der Waals surface area contributed by atoms with Crippen molar-refractivity contribution in [2.24, 2.45) is 0 Å². The first kappa shape index (κ1) is 9.31. The molecule has 8 nitrogen and oxygen atoms in total. The van der Waals surface area contributed by atoms with Crippen LogP contribution < -0.4 is 5.32 Å². The molecule has 8 heteroatoms. The van der Waals surface area contributed by atoms with Crippen LogP contribution in [0.3, 0.4) is 0 Å². The summed E-state index contributed by atoms with van der Waals surface area (Å²) in [5, 5.41) is 16.1. The number of aryl methyl sites for hydroxylation is 1. The van der Waals surface area contributed by atoms with Crippen LogP contribution in [0.1, 0.15) is 6.42 Å². The number of hydrogen-bond donors (Lipinski definition) is 2. The molecule has 2 aromatic rings. The van der Waals surface area contributed by atoms with E-state index >= 15 is 0 Å². The molecule has 0 spiro atoms. The Morgan fingerprint density at radius 2 is 2.53 bits per heavy atom. The molecule has 1 amide bonds. The van der Waals surface area contributed by atoms with Crippen molar-refractivity contribution in [3.8, 4) is 0 Å². The number of nitrogens with zero attached hydrogens (tertiary/aromatic N) is 5. The molecular formula is C7H9N7O. The molecule has 0 saturated heterocycles. The Hall–Kier alpha value is -2.25. The highest BCUT2D eigenvalue weighted by Gasteiger charge is 2.04. The number of nitrogens with one attached hydrogen (secondary N) is 2. The van der Waals surface area contributed by atoms with Gasteiger partial charge >= 0.3 is 0 Å². The highest BCUT2D eigenvalue weighted by molar-refractivity contribution is 5.88. The second-order valence-electron chi connectivity index (χ2n) is 2.80. The van der Waals surface area contributed by atoms with Gasteiger partial charge < -0.3 is 0 Å². The van der Waals surface area contributed by atoms with Crippen molar-refractivity contribution in [2.45, 2.75) is 13.0 Å². The highest BCUT2D eigenvalue weighted by Crippen LogP contribution is 1.95. The van der Waals surface area contributed by atoms with E-state index in [1.165, 1.54) is 6.33 Å². The van der Waals surface area contributed by atoms with Crippen molar-refractivity contribution in [1.82, 2.24) is 30.2 Å². The molecule has 15 heavy (non-hydrogen) atoms. The van der Waals surface area contributed by atoms with Gasteiger partial charge in [0.05, 0.1) is 12.7 Å². The lowest BCUT2D eigenvalue weighted by Crippen LogP contribution is -2.15. The van der Waals surface area contributed by atoms with E-state index in [1.807, 2.05) is 0 Å². The summed E-state index contributed by atoms with van der Waals surface area (Å²) in [6.45, 7) is 0.486. The first-order valence-electron chi connectivity index (χ1n) is 4.34. The standard InChI is InChI=1S/C7H9N7O/c15-6(11-7-8-5-10-12-7)1-3-14-4-2-9-13-14/h2,4-5H,1,3H2,(H2,8,10,11,12,15). The van der Waals surface area contributed by atoms with Gasteiger partial charge in [-0.15, -0.1) is 5.10 Å².